The molecule has 2 N–H and O–H groups in total. The molecule has 12 heteroatoms. The number of aliphatic hydroxyl groups is 1. The third kappa shape index (κ3) is 4.41. The van der Waals surface area contributed by atoms with E-state index >= 15 is 0 Å². The molecule has 3 aromatic rings. The fraction of sp³-hybridized carbons (Fsp3) is 0.520. The van der Waals surface area contributed by atoms with Crippen molar-refractivity contribution in [2.45, 2.75) is 75.5 Å². The van der Waals surface area contributed by atoms with Crippen molar-refractivity contribution in [3.63, 3.8) is 0 Å². The zero-order valence-corrected chi connectivity index (χ0v) is 21.9. The van der Waals surface area contributed by atoms with Crippen LogP contribution in [0.25, 0.3) is 11.0 Å². The second-order valence-corrected chi connectivity index (χ2v) is 12.0. The van der Waals surface area contributed by atoms with Gasteiger partial charge in [-0.05, 0) is 58.9 Å². The maximum absolute atomic E-state index is 13.2. The van der Waals surface area contributed by atoms with Gasteiger partial charge in [0.05, 0.1) is 17.2 Å². The molecule has 0 bridgehead atoms. The van der Waals surface area contributed by atoms with Gasteiger partial charge in [-0.1, -0.05) is 11.1 Å². The molecule has 0 unspecified atom stereocenters. The number of nitrogens with zero attached hydrogens (tertiary/aromatic N) is 5. The van der Waals surface area contributed by atoms with Crippen molar-refractivity contribution in [3.05, 3.63) is 39.6 Å². The number of sulfonamides is 1. The molecule has 2 fully saturated rings. The molecule has 1 saturated heterocycles. The van der Waals surface area contributed by atoms with E-state index in [1.807, 2.05) is 0 Å². The van der Waals surface area contributed by atoms with Gasteiger partial charge in [0.2, 0.25) is 16.0 Å². The lowest BCUT2D eigenvalue weighted by atomic mass is 9.99. The second-order valence-electron chi connectivity index (χ2n) is 10.1. The number of fused-ring (bicyclic) bond motifs is 1. The first-order valence-electron chi connectivity index (χ1n) is 12.3. The number of anilines is 1. The highest BCUT2D eigenvalue weighted by atomic mass is 32.2. The van der Waals surface area contributed by atoms with Crippen LogP contribution in [0, 0.1) is 26.2 Å². The summed E-state index contributed by atoms with van der Waals surface area (Å²) in [6, 6.07) is 1.09. The Kier molecular flexibility index (Phi) is 6.34. The minimum Gasteiger partial charge on any atom is -0.388 e. The van der Waals surface area contributed by atoms with Crippen LogP contribution in [0.2, 0.25) is 0 Å². The highest BCUT2D eigenvalue weighted by Gasteiger charge is 2.40. The molecule has 0 radical (unpaired) electrons. The van der Waals surface area contributed by atoms with Crippen LogP contribution in [0.1, 0.15) is 62.1 Å². The fourth-order valence-corrected chi connectivity index (χ4v) is 7.28. The molecule has 2 atom stereocenters. The Hall–Kier alpha value is -3.27. The normalized spacial score (nSPS) is 23.4. The van der Waals surface area contributed by atoms with Gasteiger partial charge in [0.1, 0.15) is 16.2 Å². The minimum atomic E-state index is -3.70. The number of pyridine rings is 1. The Morgan fingerprint density at radius 2 is 2.00 bits per heavy atom. The van der Waals surface area contributed by atoms with Crippen molar-refractivity contribution in [3.8, 4) is 12.3 Å². The molecular formula is C25H30N6O5S. The van der Waals surface area contributed by atoms with Crippen LogP contribution in [-0.2, 0) is 10.0 Å². The van der Waals surface area contributed by atoms with Crippen molar-refractivity contribution < 1.29 is 18.0 Å². The van der Waals surface area contributed by atoms with Gasteiger partial charge in [-0.25, -0.2) is 13.4 Å². The summed E-state index contributed by atoms with van der Waals surface area (Å²) in [5.74, 6) is 3.05. The predicted molar refractivity (Wildman–Crippen MR) is 137 cm³/mol. The van der Waals surface area contributed by atoms with Crippen LogP contribution >= 0.6 is 0 Å². The molecule has 5 rings (SSSR count). The van der Waals surface area contributed by atoms with Gasteiger partial charge in [0.25, 0.3) is 5.56 Å². The van der Waals surface area contributed by atoms with Crippen molar-refractivity contribution in [1.82, 2.24) is 24.0 Å². The summed E-state index contributed by atoms with van der Waals surface area (Å²) in [6.45, 7) is 5.58. The predicted octanol–water partition coefficient (Wildman–Crippen LogP) is 2.12. The maximum atomic E-state index is 13.2. The second kappa shape index (κ2) is 9.24. The molecule has 0 amide bonds. The lowest BCUT2D eigenvalue weighted by Gasteiger charge is -2.31. The highest BCUT2D eigenvalue weighted by molar-refractivity contribution is 7.89. The van der Waals surface area contributed by atoms with Crippen LogP contribution in [-0.4, -0.2) is 62.3 Å². The summed E-state index contributed by atoms with van der Waals surface area (Å²) >= 11 is 0. The summed E-state index contributed by atoms with van der Waals surface area (Å²) in [4.78, 5) is 22.4. The lowest BCUT2D eigenvalue weighted by Crippen LogP contribution is -2.42. The SMILES string of the molecule is C#Cc1cc2cnc(NC3CCN(S(=O)(=O)c4c(C)noc4C)CC3)nc2n([C@@H]2CCC[C@@]2(C)O)c1=O. The van der Waals surface area contributed by atoms with Crippen LogP contribution in [0.4, 0.5) is 5.95 Å². The average molecular weight is 527 g/mol. The van der Waals surface area contributed by atoms with E-state index in [0.29, 0.717) is 61.4 Å². The van der Waals surface area contributed by atoms with Gasteiger partial charge < -0.3 is 14.9 Å². The Bertz CT molecular complexity index is 1540. The first kappa shape index (κ1) is 25.4. The molecular weight excluding hydrogens is 496 g/mol. The van der Waals surface area contributed by atoms with Gasteiger partial charge in [0.15, 0.2) is 5.76 Å². The van der Waals surface area contributed by atoms with E-state index in [1.165, 1.54) is 8.87 Å². The number of terminal acetylenes is 1. The zero-order chi connectivity index (χ0) is 26.5. The highest BCUT2D eigenvalue weighted by Crippen LogP contribution is 2.39. The largest absolute Gasteiger partial charge is 0.388 e. The number of rotatable bonds is 5. The van der Waals surface area contributed by atoms with Gasteiger partial charge in [-0.15, -0.1) is 6.42 Å². The standard InChI is InChI=1S/C25H30N6O5S/c1-5-17-13-18-14-26-24(28-22(18)31(23(17)32)20-7-6-10-25(20,4)33)27-19-8-11-30(12-9-19)37(34,35)21-15(2)29-36-16(21)3/h1,13-14,19-20,33H,6-12H2,2-4H3,(H,26,27,28)/t20-,25-/m1/s1. The maximum Gasteiger partial charge on any atom is 0.268 e. The topological polar surface area (TPSA) is 143 Å². The number of aryl methyl sites for hydroxylation is 2. The van der Waals surface area contributed by atoms with Crippen LogP contribution in [0.5, 0.6) is 0 Å². The summed E-state index contributed by atoms with van der Waals surface area (Å²) in [5, 5.41) is 18.6. The Labute approximate surface area is 214 Å². The molecule has 196 valence electrons. The quantitative estimate of drug-likeness (QED) is 0.478. The number of aromatic nitrogens is 4. The molecule has 1 saturated carbocycles. The molecule has 1 aliphatic carbocycles. The van der Waals surface area contributed by atoms with Crippen LogP contribution < -0.4 is 10.9 Å². The molecule has 1 aliphatic heterocycles. The molecule has 11 nitrogen and oxygen atoms in total. The summed E-state index contributed by atoms with van der Waals surface area (Å²) < 4.78 is 34.2. The monoisotopic (exact) mass is 526 g/mol. The van der Waals surface area contributed by atoms with E-state index in [-0.39, 0.29) is 27.8 Å². The fourth-order valence-electron chi connectivity index (χ4n) is 5.52. The van der Waals surface area contributed by atoms with Gasteiger partial charge >= 0.3 is 0 Å². The van der Waals surface area contributed by atoms with Gasteiger partial charge in [0, 0.05) is 30.7 Å². The van der Waals surface area contributed by atoms with Crippen LogP contribution in [0.15, 0.2) is 26.5 Å². The van der Waals surface area contributed by atoms with E-state index < -0.39 is 21.7 Å². The first-order valence-corrected chi connectivity index (χ1v) is 13.8. The third-order valence-corrected chi connectivity index (χ3v) is 9.62. The van der Waals surface area contributed by atoms with Crippen molar-refractivity contribution >= 4 is 27.0 Å². The number of hydrogen-bond acceptors (Lipinski definition) is 9. The number of hydrogen-bond donors (Lipinski definition) is 2. The molecule has 3 aromatic heterocycles. The molecule has 37 heavy (non-hydrogen) atoms. The smallest absolute Gasteiger partial charge is 0.268 e. The molecule has 0 spiro atoms. The number of nitrogens with one attached hydrogen (secondary N) is 1. The Morgan fingerprint density at radius 1 is 1.27 bits per heavy atom. The van der Waals surface area contributed by atoms with E-state index in [0.717, 1.165) is 6.42 Å². The minimum absolute atomic E-state index is 0.0617. The Morgan fingerprint density at radius 3 is 2.59 bits per heavy atom. The molecule has 0 aromatic carbocycles. The third-order valence-electron chi connectivity index (χ3n) is 7.47. The summed E-state index contributed by atoms with van der Waals surface area (Å²) in [6.07, 6.45) is 10.3. The van der Waals surface area contributed by atoms with E-state index in [4.69, 9.17) is 10.9 Å². The van der Waals surface area contributed by atoms with Crippen LogP contribution in [0.3, 0.4) is 0 Å². The average Bonchev–Trinajstić information content (AvgIpc) is 3.39. The zero-order valence-electron chi connectivity index (χ0n) is 21.1. The molecule has 2 aliphatic rings. The van der Waals surface area contributed by atoms with Crippen molar-refractivity contribution in [1.29, 1.82) is 0 Å². The Balaban J connectivity index is 1.39. The van der Waals surface area contributed by atoms with Crippen molar-refractivity contribution in [2.24, 2.45) is 0 Å². The van der Waals surface area contributed by atoms with Gasteiger partial charge in [-0.3, -0.25) is 9.36 Å². The molecule has 4 heterocycles. The summed E-state index contributed by atoms with van der Waals surface area (Å²) in [7, 11) is -3.70. The first-order chi connectivity index (χ1) is 17.5. The van der Waals surface area contributed by atoms with Gasteiger partial charge in [-0.2, -0.15) is 9.29 Å². The lowest BCUT2D eigenvalue weighted by molar-refractivity contribution is 0.0266. The van der Waals surface area contributed by atoms with E-state index in [9.17, 15) is 18.3 Å². The summed E-state index contributed by atoms with van der Waals surface area (Å²) in [5.41, 5.74) is -0.451. The number of piperidine rings is 1. The van der Waals surface area contributed by atoms with Crippen molar-refractivity contribution in [2.75, 3.05) is 18.4 Å². The van der Waals surface area contributed by atoms with E-state index in [1.54, 1.807) is 33.0 Å². The van der Waals surface area contributed by atoms with E-state index in [2.05, 4.69) is 26.4 Å².